The van der Waals surface area contributed by atoms with Crippen LogP contribution in [0.15, 0.2) is 0 Å². The second-order valence-electron chi connectivity index (χ2n) is 6.54. The highest BCUT2D eigenvalue weighted by Gasteiger charge is 2.27. The van der Waals surface area contributed by atoms with Gasteiger partial charge in [0.1, 0.15) is 14.7 Å². The lowest BCUT2D eigenvalue weighted by atomic mass is 10.1. The monoisotopic (exact) mass is 381 g/mol. The summed E-state index contributed by atoms with van der Waals surface area (Å²) in [5.74, 6) is 0.305. The molecule has 7 heteroatoms. The second kappa shape index (κ2) is 7.79. The number of amides is 1. The van der Waals surface area contributed by atoms with Crippen molar-refractivity contribution in [1.29, 1.82) is 0 Å². The number of nitrogens with two attached hydrogens (primary N) is 1. The lowest BCUT2D eigenvalue weighted by Gasteiger charge is -2.09. The fourth-order valence-electron chi connectivity index (χ4n) is 2.72. The standard InChI is InChI=1S/C18H24ClN3O2S/c1-3-4-5-6-9-24-17-13(19)10(2)12-14(20)15(25-18(12)22-17)16(23)21-11-7-8-11/h11H,3-9,20H2,1-2H3,(H,21,23). The number of carbonyl (C=O) groups is 1. The molecule has 0 unspecified atom stereocenters. The van der Waals surface area contributed by atoms with Crippen LogP contribution in [-0.4, -0.2) is 23.5 Å². The highest BCUT2D eigenvalue weighted by Crippen LogP contribution is 2.40. The number of nitrogens with one attached hydrogen (secondary N) is 1. The fourth-order valence-corrected chi connectivity index (χ4v) is 3.97. The van der Waals surface area contributed by atoms with Crippen molar-refractivity contribution in [2.75, 3.05) is 12.3 Å². The molecule has 3 rings (SSSR count). The molecule has 0 aliphatic heterocycles. The van der Waals surface area contributed by atoms with Crippen molar-refractivity contribution in [3.8, 4) is 5.88 Å². The second-order valence-corrected chi connectivity index (χ2v) is 7.91. The largest absolute Gasteiger partial charge is 0.477 e. The number of halogens is 1. The molecule has 136 valence electrons. The van der Waals surface area contributed by atoms with Crippen LogP contribution in [0, 0.1) is 6.92 Å². The number of aryl methyl sites for hydroxylation is 1. The Labute approximate surface area is 156 Å². The zero-order valence-electron chi connectivity index (χ0n) is 14.7. The van der Waals surface area contributed by atoms with Crippen LogP contribution in [0.25, 0.3) is 10.2 Å². The van der Waals surface area contributed by atoms with Crippen molar-refractivity contribution >= 4 is 44.7 Å². The minimum atomic E-state index is -0.124. The van der Waals surface area contributed by atoms with E-state index >= 15 is 0 Å². The van der Waals surface area contributed by atoms with Crippen molar-refractivity contribution < 1.29 is 9.53 Å². The Kier molecular flexibility index (Phi) is 5.69. The molecule has 1 fully saturated rings. The van der Waals surface area contributed by atoms with Crippen molar-refractivity contribution in [3.63, 3.8) is 0 Å². The molecule has 1 amide bonds. The van der Waals surface area contributed by atoms with E-state index in [1.54, 1.807) is 0 Å². The summed E-state index contributed by atoms with van der Waals surface area (Å²) in [6.07, 6.45) is 6.57. The minimum absolute atomic E-state index is 0.124. The highest BCUT2D eigenvalue weighted by atomic mass is 35.5. The molecule has 0 bridgehead atoms. The number of thiophene rings is 1. The Morgan fingerprint density at radius 2 is 2.16 bits per heavy atom. The molecule has 2 aromatic rings. The molecular formula is C18H24ClN3O2S. The summed E-state index contributed by atoms with van der Waals surface area (Å²) in [5, 5.41) is 4.21. The number of rotatable bonds is 8. The van der Waals surface area contributed by atoms with Gasteiger partial charge >= 0.3 is 0 Å². The molecule has 2 heterocycles. The number of hydrogen-bond donors (Lipinski definition) is 2. The van der Waals surface area contributed by atoms with Crippen molar-refractivity contribution in [2.24, 2.45) is 0 Å². The lowest BCUT2D eigenvalue weighted by Crippen LogP contribution is -2.25. The predicted octanol–water partition coefficient (Wildman–Crippen LogP) is 4.69. The molecule has 25 heavy (non-hydrogen) atoms. The van der Waals surface area contributed by atoms with Crippen LogP contribution in [0.1, 0.15) is 60.7 Å². The average Bonchev–Trinajstić information content (AvgIpc) is 3.33. The summed E-state index contributed by atoms with van der Waals surface area (Å²) in [6, 6.07) is 0.289. The number of aromatic nitrogens is 1. The summed E-state index contributed by atoms with van der Waals surface area (Å²) in [4.78, 5) is 18.1. The average molecular weight is 382 g/mol. The van der Waals surface area contributed by atoms with Gasteiger partial charge in [0.05, 0.1) is 12.3 Å². The van der Waals surface area contributed by atoms with Gasteiger partial charge in [-0.3, -0.25) is 4.79 Å². The van der Waals surface area contributed by atoms with Gasteiger partial charge in [0.25, 0.3) is 5.91 Å². The topological polar surface area (TPSA) is 77.2 Å². The first-order chi connectivity index (χ1) is 12.0. The molecule has 0 saturated heterocycles. The summed E-state index contributed by atoms with van der Waals surface area (Å²) in [6.45, 7) is 4.66. The van der Waals surface area contributed by atoms with Crippen LogP contribution in [0.2, 0.25) is 5.02 Å². The number of nitrogens with zero attached hydrogens (tertiary/aromatic N) is 1. The molecule has 0 spiro atoms. The van der Waals surface area contributed by atoms with Gasteiger partial charge < -0.3 is 15.8 Å². The van der Waals surface area contributed by atoms with Crippen LogP contribution in [0.3, 0.4) is 0 Å². The van der Waals surface area contributed by atoms with Gasteiger partial charge in [-0.25, -0.2) is 4.98 Å². The van der Waals surface area contributed by atoms with E-state index in [9.17, 15) is 4.79 Å². The number of fused-ring (bicyclic) bond motifs is 1. The third-order valence-corrected chi connectivity index (χ3v) is 5.92. The Balaban J connectivity index is 1.83. The Bertz CT molecular complexity index is 786. The number of anilines is 1. The third-order valence-electron chi connectivity index (χ3n) is 4.38. The van der Waals surface area contributed by atoms with Gasteiger partial charge in [-0.15, -0.1) is 11.3 Å². The zero-order valence-corrected chi connectivity index (χ0v) is 16.2. The lowest BCUT2D eigenvalue weighted by molar-refractivity contribution is 0.0956. The predicted molar refractivity (Wildman–Crippen MR) is 104 cm³/mol. The molecular weight excluding hydrogens is 358 g/mol. The van der Waals surface area contributed by atoms with Gasteiger partial charge in [-0.1, -0.05) is 37.8 Å². The smallest absolute Gasteiger partial charge is 0.263 e. The quantitative estimate of drug-likeness (QED) is 0.650. The normalized spacial score (nSPS) is 14.0. The first kappa shape index (κ1) is 18.3. The molecule has 5 nitrogen and oxygen atoms in total. The maximum Gasteiger partial charge on any atom is 0.263 e. The van der Waals surface area contributed by atoms with Crippen LogP contribution < -0.4 is 15.8 Å². The van der Waals surface area contributed by atoms with Gasteiger partial charge in [-0.05, 0) is 31.7 Å². The van der Waals surface area contributed by atoms with E-state index in [0.717, 1.165) is 36.6 Å². The minimum Gasteiger partial charge on any atom is -0.477 e. The molecule has 1 aliphatic carbocycles. The van der Waals surface area contributed by atoms with Gasteiger partial charge in [0, 0.05) is 11.4 Å². The number of ether oxygens (including phenoxy) is 1. The fraction of sp³-hybridized carbons (Fsp3) is 0.556. The Morgan fingerprint density at radius 1 is 1.40 bits per heavy atom. The maximum absolute atomic E-state index is 12.4. The van der Waals surface area contributed by atoms with Crippen LogP contribution >= 0.6 is 22.9 Å². The Hall–Kier alpha value is -1.53. The molecule has 2 aromatic heterocycles. The number of pyridine rings is 1. The van der Waals surface area contributed by atoms with E-state index in [1.165, 1.54) is 24.2 Å². The summed E-state index contributed by atoms with van der Waals surface area (Å²) < 4.78 is 5.78. The van der Waals surface area contributed by atoms with Crippen molar-refractivity contribution in [3.05, 3.63) is 15.5 Å². The number of nitrogen functional groups attached to an aromatic ring is 1. The maximum atomic E-state index is 12.4. The highest BCUT2D eigenvalue weighted by molar-refractivity contribution is 7.21. The van der Waals surface area contributed by atoms with E-state index in [2.05, 4.69) is 17.2 Å². The van der Waals surface area contributed by atoms with E-state index < -0.39 is 0 Å². The molecule has 0 radical (unpaired) electrons. The number of unbranched alkanes of at least 4 members (excludes halogenated alkanes) is 3. The van der Waals surface area contributed by atoms with Crippen molar-refractivity contribution in [1.82, 2.24) is 10.3 Å². The third kappa shape index (κ3) is 4.01. The van der Waals surface area contributed by atoms with Crippen molar-refractivity contribution in [2.45, 2.75) is 58.4 Å². The van der Waals surface area contributed by atoms with E-state index in [0.29, 0.717) is 32.9 Å². The van der Waals surface area contributed by atoms with Crippen LogP contribution in [-0.2, 0) is 0 Å². The SMILES string of the molecule is CCCCCCOc1nc2sc(C(=O)NC3CC3)c(N)c2c(C)c1Cl. The molecule has 1 saturated carbocycles. The van der Waals surface area contributed by atoms with Crippen LogP contribution in [0.5, 0.6) is 5.88 Å². The molecule has 0 atom stereocenters. The van der Waals surface area contributed by atoms with Gasteiger partial charge in [0.15, 0.2) is 0 Å². The van der Waals surface area contributed by atoms with Gasteiger partial charge in [-0.2, -0.15) is 0 Å². The first-order valence-corrected chi connectivity index (χ1v) is 10.0. The van der Waals surface area contributed by atoms with E-state index in [-0.39, 0.29) is 11.9 Å². The summed E-state index contributed by atoms with van der Waals surface area (Å²) in [5.41, 5.74) is 7.49. The van der Waals surface area contributed by atoms with Crippen LogP contribution in [0.4, 0.5) is 5.69 Å². The Morgan fingerprint density at radius 3 is 2.84 bits per heavy atom. The van der Waals surface area contributed by atoms with Gasteiger partial charge in [0.2, 0.25) is 5.88 Å². The zero-order chi connectivity index (χ0) is 18.0. The summed E-state index contributed by atoms with van der Waals surface area (Å²) >= 11 is 7.73. The molecule has 1 aliphatic rings. The van der Waals surface area contributed by atoms with E-state index in [4.69, 9.17) is 22.1 Å². The number of carbonyl (C=O) groups excluding carboxylic acids is 1. The first-order valence-electron chi connectivity index (χ1n) is 8.84. The van der Waals surface area contributed by atoms with E-state index in [1.807, 2.05) is 6.92 Å². The number of hydrogen-bond acceptors (Lipinski definition) is 5. The summed E-state index contributed by atoms with van der Waals surface area (Å²) in [7, 11) is 0. The molecule has 3 N–H and O–H groups in total. The molecule has 0 aromatic carbocycles.